The fraction of sp³-hybridized carbons (Fsp3) is 0.571. The summed E-state index contributed by atoms with van der Waals surface area (Å²) >= 11 is 10.3. The molecule has 0 bridgehead atoms. The largest absolute Gasteiger partial charge is 0.383 e. The highest BCUT2D eigenvalue weighted by Crippen LogP contribution is 2.43. The molecule has 0 aliphatic carbocycles. The Hall–Kier alpha value is -0.840. The maximum absolute atomic E-state index is 12.6. The normalized spacial score (nSPS) is 21.1. The molecule has 1 amide bonds. The third-order valence-corrected chi connectivity index (χ3v) is 6.42. The van der Waals surface area contributed by atoms with Gasteiger partial charge in [0.25, 0.3) is 0 Å². The highest BCUT2D eigenvalue weighted by molar-refractivity contribution is 9.11. The van der Waals surface area contributed by atoms with E-state index >= 15 is 0 Å². The van der Waals surface area contributed by atoms with Gasteiger partial charge in [0.2, 0.25) is 5.91 Å². The Balaban J connectivity index is 2.24. The predicted octanol–water partition coefficient (Wildman–Crippen LogP) is 5.69. The maximum atomic E-state index is 12.6. The zero-order chi connectivity index (χ0) is 19.5. The lowest BCUT2D eigenvalue weighted by Gasteiger charge is -2.37. The molecular formula is C21H29BrClNO2. The lowest BCUT2D eigenvalue weighted by Crippen LogP contribution is -2.40. The first-order valence-corrected chi connectivity index (χ1v) is 10.2. The molecule has 5 heteroatoms. The van der Waals surface area contributed by atoms with E-state index in [-0.39, 0.29) is 11.3 Å². The van der Waals surface area contributed by atoms with Crippen LogP contribution in [0, 0.1) is 5.41 Å². The average molecular weight is 443 g/mol. The van der Waals surface area contributed by atoms with Gasteiger partial charge in [-0.15, -0.1) is 0 Å². The molecule has 3 nitrogen and oxygen atoms in total. The van der Waals surface area contributed by atoms with Crippen molar-refractivity contribution in [3.63, 3.8) is 0 Å². The van der Waals surface area contributed by atoms with Gasteiger partial charge in [-0.1, -0.05) is 67.4 Å². The molecule has 144 valence electrons. The number of hydrogen-bond acceptors (Lipinski definition) is 2. The van der Waals surface area contributed by atoms with E-state index in [1.807, 2.05) is 12.3 Å². The van der Waals surface area contributed by atoms with Crippen molar-refractivity contribution in [1.82, 2.24) is 4.90 Å². The number of ether oxygens (including phenoxy) is 1. The Morgan fingerprint density at radius 3 is 2.62 bits per heavy atom. The molecular weight excluding hydrogens is 414 g/mol. The van der Waals surface area contributed by atoms with E-state index in [0.717, 1.165) is 33.5 Å². The molecule has 1 atom stereocenters. The zero-order valence-corrected chi connectivity index (χ0v) is 18.7. The van der Waals surface area contributed by atoms with Crippen LogP contribution in [0.1, 0.15) is 51.7 Å². The number of carbonyl (C=O) groups excluding carboxylic acids is 1. The Labute approximate surface area is 170 Å². The first-order chi connectivity index (χ1) is 12.1. The number of aryl methyl sites for hydroxylation is 1. The van der Waals surface area contributed by atoms with Crippen molar-refractivity contribution < 1.29 is 9.53 Å². The minimum atomic E-state index is -0.396. The lowest BCUT2D eigenvalue weighted by atomic mass is 9.77. The van der Waals surface area contributed by atoms with Crippen molar-refractivity contribution in [3.05, 3.63) is 45.0 Å². The van der Waals surface area contributed by atoms with Gasteiger partial charge < -0.3 is 9.64 Å². The lowest BCUT2D eigenvalue weighted by molar-refractivity contribution is -0.130. The molecule has 1 aliphatic rings. The number of hydrogen-bond donors (Lipinski definition) is 0. The van der Waals surface area contributed by atoms with Crippen molar-refractivity contribution in [2.24, 2.45) is 5.41 Å². The summed E-state index contributed by atoms with van der Waals surface area (Å²) < 4.78 is 6.07. The monoisotopic (exact) mass is 441 g/mol. The maximum Gasteiger partial charge on any atom is 0.227 e. The third kappa shape index (κ3) is 5.11. The van der Waals surface area contributed by atoms with Crippen molar-refractivity contribution >= 4 is 33.4 Å². The second-order valence-corrected chi connectivity index (χ2v) is 9.69. The van der Waals surface area contributed by atoms with Gasteiger partial charge in [0.15, 0.2) is 0 Å². The molecule has 0 saturated heterocycles. The van der Waals surface area contributed by atoms with E-state index in [4.69, 9.17) is 16.3 Å². The van der Waals surface area contributed by atoms with E-state index in [2.05, 4.69) is 55.8 Å². The van der Waals surface area contributed by atoms with Crippen molar-refractivity contribution in [2.75, 3.05) is 20.3 Å². The van der Waals surface area contributed by atoms with Crippen LogP contribution in [-0.4, -0.2) is 31.1 Å². The summed E-state index contributed by atoms with van der Waals surface area (Å²) in [6.07, 6.45) is 4.33. The third-order valence-electron chi connectivity index (χ3n) is 4.99. The standard InChI is InChI=1S/C21H29BrClNO2/c1-20(2,3)9-8-15-6-7-16(12-17(15)23)21(4)13-19(25)24(10-11-26-5)14-18(21)22/h6-7,12,14H,8-11,13H2,1-5H3/t21-/m0/s1. The molecule has 1 aliphatic heterocycles. The first kappa shape index (κ1) is 21.5. The number of benzene rings is 1. The number of nitrogens with zero attached hydrogens (tertiary/aromatic N) is 1. The number of methoxy groups -OCH3 is 1. The summed E-state index contributed by atoms with van der Waals surface area (Å²) in [5, 5.41) is 0.780. The molecule has 0 unspecified atom stereocenters. The van der Waals surface area contributed by atoms with Gasteiger partial charge in [0.1, 0.15) is 0 Å². The molecule has 1 aromatic rings. The molecule has 0 N–H and O–H groups in total. The summed E-state index contributed by atoms with van der Waals surface area (Å²) in [5.41, 5.74) is 2.11. The van der Waals surface area contributed by atoms with Gasteiger partial charge in [-0.2, -0.15) is 0 Å². The van der Waals surface area contributed by atoms with E-state index in [9.17, 15) is 4.79 Å². The molecule has 1 heterocycles. The molecule has 1 aromatic carbocycles. The smallest absolute Gasteiger partial charge is 0.227 e. The summed E-state index contributed by atoms with van der Waals surface area (Å²) in [6.45, 7) is 9.88. The van der Waals surface area contributed by atoms with E-state index in [1.54, 1.807) is 12.0 Å². The average Bonchev–Trinajstić information content (AvgIpc) is 2.55. The summed E-state index contributed by atoms with van der Waals surface area (Å²) in [7, 11) is 1.64. The van der Waals surface area contributed by atoms with Crippen LogP contribution >= 0.6 is 27.5 Å². The number of allylic oxidation sites excluding steroid dienone is 1. The van der Waals surface area contributed by atoms with Gasteiger partial charge in [-0.25, -0.2) is 0 Å². The minimum absolute atomic E-state index is 0.0979. The Morgan fingerprint density at radius 2 is 2.04 bits per heavy atom. The van der Waals surface area contributed by atoms with Crippen LogP contribution in [0.15, 0.2) is 28.9 Å². The molecule has 0 radical (unpaired) electrons. The number of carbonyl (C=O) groups is 1. The van der Waals surface area contributed by atoms with Crippen molar-refractivity contribution in [2.45, 2.75) is 52.4 Å². The second-order valence-electron chi connectivity index (χ2n) is 8.43. The van der Waals surface area contributed by atoms with Crippen LogP contribution in [0.25, 0.3) is 0 Å². The van der Waals surface area contributed by atoms with Crippen molar-refractivity contribution in [3.8, 4) is 0 Å². The Bertz CT molecular complexity index is 696. The highest BCUT2D eigenvalue weighted by atomic mass is 79.9. The first-order valence-electron chi connectivity index (χ1n) is 9.02. The molecule has 2 rings (SSSR count). The zero-order valence-electron chi connectivity index (χ0n) is 16.4. The van der Waals surface area contributed by atoms with Gasteiger partial charge >= 0.3 is 0 Å². The van der Waals surface area contributed by atoms with Crippen molar-refractivity contribution in [1.29, 1.82) is 0 Å². The predicted molar refractivity (Wildman–Crippen MR) is 112 cm³/mol. The molecule has 0 spiro atoms. The van der Waals surface area contributed by atoms with Crippen LogP contribution < -0.4 is 0 Å². The van der Waals surface area contributed by atoms with Crippen LogP contribution in [0.2, 0.25) is 5.02 Å². The SMILES string of the molecule is COCCN1C=C(Br)[C@](C)(c2ccc(CCC(C)(C)C)c(Cl)c2)CC1=O. The highest BCUT2D eigenvalue weighted by Gasteiger charge is 2.38. The molecule has 0 fully saturated rings. The quantitative estimate of drug-likeness (QED) is 0.566. The van der Waals surface area contributed by atoms with Gasteiger partial charge in [-0.3, -0.25) is 4.79 Å². The molecule has 0 aromatic heterocycles. The van der Waals surface area contributed by atoms with E-state index < -0.39 is 5.41 Å². The summed E-state index contributed by atoms with van der Waals surface area (Å²) in [5.74, 6) is 0.0979. The second kappa shape index (κ2) is 8.45. The Kier molecular flexibility index (Phi) is 6.98. The summed E-state index contributed by atoms with van der Waals surface area (Å²) in [4.78, 5) is 14.3. The molecule has 0 saturated carbocycles. The number of rotatable bonds is 6. The fourth-order valence-electron chi connectivity index (χ4n) is 3.06. The van der Waals surface area contributed by atoms with Crippen LogP contribution in [0.4, 0.5) is 0 Å². The topological polar surface area (TPSA) is 29.5 Å². The van der Waals surface area contributed by atoms with Crippen LogP contribution in [-0.2, 0) is 21.4 Å². The van der Waals surface area contributed by atoms with Crippen LogP contribution in [0.5, 0.6) is 0 Å². The minimum Gasteiger partial charge on any atom is -0.383 e. The van der Waals surface area contributed by atoms with Gasteiger partial charge in [0.05, 0.1) is 6.61 Å². The number of amides is 1. The van der Waals surface area contributed by atoms with E-state index in [0.29, 0.717) is 19.6 Å². The van der Waals surface area contributed by atoms with E-state index in [1.165, 1.54) is 0 Å². The van der Waals surface area contributed by atoms with Gasteiger partial charge in [-0.05, 0) is 35.4 Å². The number of halogens is 2. The Morgan fingerprint density at radius 1 is 1.35 bits per heavy atom. The fourth-order valence-corrected chi connectivity index (χ4v) is 3.95. The summed E-state index contributed by atoms with van der Waals surface area (Å²) in [6, 6.07) is 6.24. The van der Waals surface area contributed by atoms with Crippen LogP contribution in [0.3, 0.4) is 0 Å². The van der Waals surface area contributed by atoms with Gasteiger partial charge in [0, 0.05) is 41.2 Å². The molecule has 26 heavy (non-hydrogen) atoms.